The Bertz CT molecular complexity index is 641. The SMILES string of the molecule is CN1CC(=O)N(c2ccsc2)CC12CCN(C(=O)C1CCCCC1)C2. The largest absolute Gasteiger partial charge is 0.340 e. The van der Waals surface area contributed by atoms with E-state index in [1.165, 1.54) is 19.3 Å². The van der Waals surface area contributed by atoms with Gasteiger partial charge in [0, 0.05) is 30.9 Å². The highest BCUT2D eigenvalue weighted by Crippen LogP contribution is 2.35. The molecule has 1 unspecified atom stereocenters. The van der Waals surface area contributed by atoms with Crippen molar-refractivity contribution in [2.24, 2.45) is 5.92 Å². The van der Waals surface area contributed by atoms with Crippen molar-refractivity contribution in [1.82, 2.24) is 9.80 Å². The second-order valence-corrected chi connectivity index (χ2v) is 8.67. The first-order valence-electron chi connectivity index (χ1n) is 9.42. The van der Waals surface area contributed by atoms with Crippen LogP contribution in [0.15, 0.2) is 16.8 Å². The van der Waals surface area contributed by atoms with Crippen LogP contribution < -0.4 is 4.90 Å². The third-order valence-electron chi connectivity index (χ3n) is 6.35. The monoisotopic (exact) mass is 361 g/mol. The zero-order valence-corrected chi connectivity index (χ0v) is 15.8. The summed E-state index contributed by atoms with van der Waals surface area (Å²) in [4.78, 5) is 31.6. The van der Waals surface area contributed by atoms with Crippen LogP contribution in [0.1, 0.15) is 38.5 Å². The number of thiophene rings is 1. The third kappa shape index (κ3) is 3.10. The lowest BCUT2D eigenvalue weighted by Gasteiger charge is -2.46. The van der Waals surface area contributed by atoms with E-state index in [4.69, 9.17) is 0 Å². The summed E-state index contributed by atoms with van der Waals surface area (Å²) in [5, 5.41) is 4.05. The third-order valence-corrected chi connectivity index (χ3v) is 7.02. The van der Waals surface area contributed by atoms with Gasteiger partial charge in [0.05, 0.1) is 17.8 Å². The average molecular weight is 362 g/mol. The molecule has 1 atom stereocenters. The van der Waals surface area contributed by atoms with Gasteiger partial charge in [-0.15, -0.1) is 0 Å². The Morgan fingerprint density at radius 2 is 2.04 bits per heavy atom. The molecule has 3 fully saturated rings. The maximum atomic E-state index is 12.9. The first kappa shape index (κ1) is 17.0. The molecule has 2 amide bonds. The van der Waals surface area contributed by atoms with Gasteiger partial charge in [-0.25, -0.2) is 0 Å². The molecule has 0 bridgehead atoms. The standard InChI is InChI=1S/C19H27N3O2S/c1-20-11-17(23)22(16-7-10-25-12-16)14-19(20)8-9-21(13-19)18(24)15-5-3-2-4-6-15/h7,10,12,15H,2-6,8-9,11,13-14H2,1H3. The predicted molar refractivity (Wildman–Crippen MR) is 99.8 cm³/mol. The number of hydrogen-bond acceptors (Lipinski definition) is 4. The Balaban J connectivity index is 1.49. The highest BCUT2D eigenvalue weighted by atomic mass is 32.1. The molecule has 1 aromatic heterocycles. The van der Waals surface area contributed by atoms with Crippen molar-refractivity contribution >= 4 is 28.8 Å². The molecule has 4 rings (SSSR count). The van der Waals surface area contributed by atoms with Crippen LogP contribution in [0.2, 0.25) is 0 Å². The molecule has 0 radical (unpaired) electrons. The van der Waals surface area contributed by atoms with E-state index < -0.39 is 0 Å². The number of likely N-dealkylation sites (N-methyl/N-ethyl adjacent to an activating group) is 1. The Labute approximate surface area is 153 Å². The van der Waals surface area contributed by atoms with Gasteiger partial charge in [-0.2, -0.15) is 11.3 Å². The Hall–Kier alpha value is -1.40. The van der Waals surface area contributed by atoms with E-state index >= 15 is 0 Å². The Morgan fingerprint density at radius 1 is 1.24 bits per heavy atom. The molecule has 25 heavy (non-hydrogen) atoms. The van der Waals surface area contributed by atoms with Crippen LogP contribution in [0.4, 0.5) is 5.69 Å². The molecule has 3 aliphatic rings. The minimum atomic E-state index is -0.0971. The van der Waals surface area contributed by atoms with Gasteiger partial charge in [0.25, 0.3) is 0 Å². The van der Waals surface area contributed by atoms with Gasteiger partial charge in [0.2, 0.25) is 11.8 Å². The lowest BCUT2D eigenvalue weighted by Crippen LogP contribution is -2.64. The second kappa shape index (κ2) is 6.72. The number of carbonyl (C=O) groups is 2. The number of piperazine rings is 1. The van der Waals surface area contributed by atoms with E-state index in [2.05, 4.69) is 9.80 Å². The molecule has 1 spiro atoms. The lowest BCUT2D eigenvalue weighted by molar-refractivity contribution is -0.136. The summed E-state index contributed by atoms with van der Waals surface area (Å²) < 4.78 is 0. The first-order chi connectivity index (χ1) is 12.1. The van der Waals surface area contributed by atoms with Gasteiger partial charge in [0.1, 0.15) is 0 Å². The Morgan fingerprint density at radius 3 is 2.76 bits per heavy atom. The molecule has 2 aliphatic heterocycles. The summed E-state index contributed by atoms with van der Waals surface area (Å²) in [5.74, 6) is 0.736. The van der Waals surface area contributed by atoms with E-state index in [1.54, 1.807) is 11.3 Å². The Kier molecular flexibility index (Phi) is 4.58. The van der Waals surface area contributed by atoms with Crippen molar-refractivity contribution in [3.8, 4) is 0 Å². The second-order valence-electron chi connectivity index (χ2n) is 7.89. The van der Waals surface area contributed by atoms with Gasteiger partial charge in [-0.05, 0) is 37.8 Å². The van der Waals surface area contributed by atoms with Crippen molar-refractivity contribution in [2.45, 2.75) is 44.1 Å². The van der Waals surface area contributed by atoms with Crippen LogP contribution in [0.3, 0.4) is 0 Å². The number of hydrogen-bond donors (Lipinski definition) is 0. The molecule has 136 valence electrons. The van der Waals surface area contributed by atoms with Crippen molar-refractivity contribution in [3.05, 3.63) is 16.8 Å². The lowest BCUT2D eigenvalue weighted by atomic mass is 9.88. The van der Waals surface area contributed by atoms with Gasteiger partial charge in [-0.1, -0.05) is 19.3 Å². The topological polar surface area (TPSA) is 43.9 Å². The zero-order valence-electron chi connectivity index (χ0n) is 14.9. The molecule has 5 nitrogen and oxygen atoms in total. The number of likely N-dealkylation sites (tertiary alicyclic amines) is 1. The van der Waals surface area contributed by atoms with Crippen molar-refractivity contribution in [2.75, 3.05) is 38.1 Å². The van der Waals surface area contributed by atoms with Gasteiger partial charge < -0.3 is 9.80 Å². The van der Waals surface area contributed by atoms with Gasteiger partial charge in [0.15, 0.2) is 0 Å². The van der Waals surface area contributed by atoms with E-state index in [9.17, 15) is 9.59 Å². The molecular formula is C19H27N3O2S. The fourth-order valence-electron chi connectivity index (χ4n) is 4.70. The highest BCUT2D eigenvalue weighted by Gasteiger charge is 2.49. The fourth-order valence-corrected chi connectivity index (χ4v) is 5.34. The maximum Gasteiger partial charge on any atom is 0.241 e. The molecule has 1 saturated carbocycles. The predicted octanol–water partition coefficient (Wildman–Crippen LogP) is 2.58. The number of amides is 2. The van der Waals surface area contributed by atoms with E-state index in [1.807, 2.05) is 28.8 Å². The number of rotatable bonds is 2. The summed E-state index contributed by atoms with van der Waals surface area (Å²) >= 11 is 1.62. The smallest absolute Gasteiger partial charge is 0.241 e. The molecule has 3 heterocycles. The van der Waals surface area contributed by atoms with Crippen molar-refractivity contribution in [3.63, 3.8) is 0 Å². The van der Waals surface area contributed by atoms with Crippen LogP contribution in [0, 0.1) is 5.92 Å². The summed E-state index contributed by atoms with van der Waals surface area (Å²) in [6, 6.07) is 2.02. The molecular weight excluding hydrogens is 334 g/mol. The highest BCUT2D eigenvalue weighted by molar-refractivity contribution is 7.08. The van der Waals surface area contributed by atoms with Crippen LogP contribution >= 0.6 is 11.3 Å². The van der Waals surface area contributed by atoms with Crippen molar-refractivity contribution < 1.29 is 9.59 Å². The molecule has 1 aromatic rings. The fraction of sp³-hybridized carbons (Fsp3) is 0.684. The minimum absolute atomic E-state index is 0.0971. The average Bonchev–Trinajstić information content (AvgIpc) is 3.29. The van der Waals surface area contributed by atoms with Crippen molar-refractivity contribution in [1.29, 1.82) is 0 Å². The van der Waals surface area contributed by atoms with Crippen LogP contribution in [0.5, 0.6) is 0 Å². The summed E-state index contributed by atoms with van der Waals surface area (Å²) in [5.41, 5.74) is 0.903. The van der Waals surface area contributed by atoms with E-state index in [0.29, 0.717) is 19.0 Å². The summed E-state index contributed by atoms with van der Waals surface area (Å²) in [7, 11) is 2.04. The number of anilines is 1. The van der Waals surface area contributed by atoms with Crippen LogP contribution in [0.25, 0.3) is 0 Å². The van der Waals surface area contributed by atoms with Crippen LogP contribution in [-0.2, 0) is 9.59 Å². The normalized spacial score (nSPS) is 28.9. The quantitative estimate of drug-likeness (QED) is 0.813. The first-order valence-corrected chi connectivity index (χ1v) is 10.4. The zero-order chi connectivity index (χ0) is 17.4. The molecule has 1 aliphatic carbocycles. The summed E-state index contributed by atoms with van der Waals surface area (Å²) in [6.45, 7) is 2.70. The van der Waals surface area contributed by atoms with E-state index in [0.717, 1.165) is 38.0 Å². The maximum absolute atomic E-state index is 12.9. The minimum Gasteiger partial charge on any atom is -0.340 e. The number of carbonyl (C=O) groups excluding carboxylic acids is 2. The molecule has 0 aromatic carbocycles. The summed E-state index contributed by atoms with van der Waals surface area (Å²) in [6.07, 6.45) is 6.71. The van der Waals surface area contributed by atoms with Gasteiger partial charge in [-0.3, -0.25) is 14.5 Å². The van der Waals surface area contributed by atoms with Gasteiger partial charge >= 0.3 is 0 Å². The molecule has 6 heteroatoms. The number of nitrogens with zero attached hydrogens (tertiary/aromatic N) is 3. The molecule has 0 N–H and O–H groups in total. The van der Waals surface area contributed by atoms with Crippen LogP contribution in [-0.4, -0.2) is 60.4 Å². The van der Waals surface area contributed by atoms with E-state index in [-0.39, 0.29) is 17.4 Å². The molecule has 2 saturated heterocycles.